The first-order valence-electron chi connectivity index (χ1n) is 10.7. The first kappa shape index (κ1) is 20.9. The van der Waals surface area contributed by atoms with Crippen LogP contribution in [0.2, 0.25) is 0 Å². The van der Waals surface area contributed by atoms with Gasteiger partial charge in [0.2, 0.25) is 0 Å². The van der Waals surface area contributed by atoms with E-state index in [2.05, 4.69) is 15.6 Å². The molecule has 0 saturated heterocycles. The van der Waals surface area contributed by atoms with Crippen molar-refractivity contribution in [2.45, 2.75) is 39.2 Å². The van der Waals surface area contributed by atoms with E-state index in [0.29, 0.717) is 19.8 Å². The standard InChI is InChI=1S/C22H30N4O3S/c1-16-21(30-15-25-16)13-24-22(23-8-2-9-27-14-17-4-5-17)26-18-6-7-19-20(12-18)29-11-3-10-28-19/h6-7,12,15,17H,2-5,8-11,13-14H2,1H3,(H2,23,24,26). The third kappa shape index (κ3) is 6.34. The van der Waals surface area contributed by atoms with Gasteiger partial charge in [-0.15, -0.1) is 11.3 Å². The van der Waals surface area contributed by atoms with Gasteiger partial charge in [0.05, 0.1) is 31.0 Å². The zero-order valence-corrected chi connectivity index (χ0v) is 18.3. The fourth-order valence-corrected chi connectivity index (χ4v) is 3.76. The quantitative estimate of drug-likeness (QED) is 0.356. The molecule has 1 aliphatic heterocycles. The van der Waals surface area contributed by atoms with Crippen LogP contribution in [0.25, 0.3) is 0 Å². The predicted molar refractivity (Wildman–Crippen MR) is 120 cm³/mol. The van der Waals surface area contributed by atoms with E-state index in [1.807, 2.05) is 30.6 Å². The van der Waals surface area contributed by atoms with E-state index in [0.717, 1.165) is 67.4 Å². The average Bonchev–Trinajstić information content (AvgIpc) is 3.53. The normalized spacial score (nSPS) is 16.2. The molecule has 1 saturated carbocycles. The van der Waals surface area contributed by atoms with Gasteiger partial charge in [-0.1, -0.05) is 0 Å². The van der Waals surface area contributed by atoms with Gasteiger partial charge in [-0.2, -0.15) is 0 Å². The molecule has 0 amide bonds. The summed E-state index contributed by atoms with van der Waals surface area (Å²) in [5, 5.41) is 6.81. The number of hydrogen-bond donors (Lipinski definition) is 2. The molecule has 0 unspecified atom stereocenters. The Labute approximate surface area is 181 Å². The smallest absolute Gasteiger partial charge is 0.196 e. The number of fused-ring (bicyclic) bond motifs is 1. The molecule has 162 valence electrons. The van der Waals surface area contributed by atoms with Crippen LogP contribution in [0.5, 0.6) is 11.5 Å². The molecule has 30 heavy (non-hydrogen) atoms. The molecule has 8 heteroatoms. The second kappa shape index (κ2) is 10.6. The van der Waals surface area contributed by atoms with Crippen molar-refractivity contribution in [3.05, 3.63) is 34.3 Å². The van der Waals surface area contributed by atoms with E-state index < -0.39 is 0 Å². The lowest BCUT2D eigenvalue weighted by molar-refractivity contribution is 0.123. The van der Waals surface area contributed by atoms with Crippen molar-refractivity contribution in [1.29, 1.82) is 0 Å². The van der Waals surface area contributed by atoms with E-state index in [9.17, 15) is 0 Å². The molecule has 0 radical (unpaired) electrons. The number of aromatic nitrogens is 1. The number of aliphatic imine (C=N–C) groups is 1. The molecule has 0 atom stereocenters. The lowest BCUT2D eigenvalue weighted by atomic mass is 10.2. The van der Waals surface area contributed by atoms with Gasteiger partial charge < -0.3 is 24.8 Å². The minimum atomic E-state index is 0.592. The molecule has 2 aromatic rings. The van der Waals surface area contributed by atoms with Crippen molar-refractivity contribution >= 4 is 23.0 Å². The maximum atomic E-state index is 5.81. The van der Waals surface area contributed by atoms with Crippen LogP contribution in [0.1, 0.15) is 36.3 Å². The average molecular weight is 431 g/mol. The highest BCUT2D eigenvalue weighted by Gasteiger charge is 2.20. The minimum absolute atomic E-state index is 0.592. The molecule has 2 heterocycles. The van der Waals surface area contributed by atoms with Crippen LogP contribution >= 0.6 is 11.3 Å². The number of nitrogens with one attached hydrogen (secondary N) is 2. The molecular formula is C22H30N4O3S. The van der Waals surface area contributed by atoms with E-state index in [4.69, 9.17) is 19.2 Å². The summed E-state index contributed by atoms with van der Waals surface area (Å²) < 4.78 is 17.3. The Balaban J connectivity index is 1.35. The van der Waals surface area contributed by atoms with Gasteiger partial charge in [0.25, 0.3) is 0 Å². The van der Waals surface area contributed by atoms with Crippen LogP contribution in [-0.2, 0) is 11.3 Å². The lowest BCUT2D eigenvalue weighted by Crippen LogP contribution is -2.32. The van der Waals surface area contributed by atoms with Crippen molar-refractivity contribution in [2.75, 3.05) is 38.3 Å². The Morgan fingerprint density at radius 3 is 2.93 bits per heavy atom. The highest BCUT2D eigenvalue weighted by molar-refractivity contribution is 7.09. The third-order valence-corrected chi connectivity index (χ3v) is 5.96. The summed E-state index contributed by atoms with van der Waals surface area (Å²) in [4.78, 5) is 10.2. The summed E-state index contributed by atoms with van der Waals surface area (Å²) in [6.45, 7) is 6.43. The Hall–Kier alpha value is -2.32. The molecule has 7 nitrogen and oxygen atoms in total. The zero-order chi connectivity index (χ0) is 20.6. The number of rotatable bonds is 9. The number of benzene rings is 1. The molecular weight excluding hydrogens is 400 g/mol. The first-order valence-corrected chi connectivity index (χ1v) is 11.6. The molecule has 0 bridgehead atoms. The van der Waals surface area contributed by atoms with Crippen molar-refractivity contribution in [3.63, 3.8) is 0 Å². The summed E-state index contributed by atoms with van der Waals surface area (Å²) >= 11 is 1.63. The zero-order valence-electron chi connectivity index (χ0n) is 17.5. The summed E-state index contributed by atoms with van der Waals surface area (Å²) in [6.07, 6.45) is 4.48. The van der Waals surface area contributed by atoms with Gasteiger partial charge in [0.1, 0.15) is 0 Å². The summed E-state index contributed by atoms with van der Waals surface area (Å²) in [5.74, 6) is 3.10. The number of ether oxygens (including phenoxy) is 3. The molecule has 2 N–H and O–H groups in total. The molecule has 1 aromatic heterocycles. The number of anilines is 1. The lowest BCUT2D eigenvalue weighted by Gasteiger charge is -2.14. The minimum Gasteiger partial charge on any atom is -0.490 e. The monoisotopic (exact) mass is 430 g/mol. The number of guanidine groups is 1. The number of nitrogens with zero attached hydrogens (tertiary/aromatic N) is 2. The number of thiazole rings is 1. The van der Waals surface area contributed by atoms with Gasteiger partial charge in [0, 0.05) is 42.8 Å². The van der Waals surface area contributed by atoms with Crippen LogP contribution in [0.3, 0.4) is 0 Å². The molecule has 4 rings (SSSR count). The Bertz CT molecular complexity index is 851. The molecule has 1 fully saturated rings. The summed E-state index contributed by atoms with van der Waals surface area (Å²) in [6, 6.07) is 5.90. The van der Waals surface area contributed by atoms with Crippen LogP contribution in [-0.4, -0.2) is 43.9 Å². The van der Waals surface area contributed by atoms with Crippen LogP contribution in [0.15, 0.2) is 28.7 Å². The fourth-order valence-electron chi connectivity index (χ4n) is 3.06. The second-order valence-electron chi connectivity index (χ2n) is 7.66. The summed E-state index contributed by atoms with van der Waals surface area (Å²) in [7, 11) is 0. The fraction of sp³-hybridized carbons (Fsp3) is 0.545. The Kier molecular flexibility index (Phi) is 7.42. The second-order valence-corrected chi connectivity index (χ2v) is 8.60. The van der Waals surface area contributed by atoms with Gasteiger partial charge in [0.15, 0.2) is 17.5 Å². The predicted octanol–water partition coefficient (Wildman–Crippen LogP) is 3.99. The van der Waals surface area contributed by atoms with E-state index in [-0.39, 0.29) is 0 Å². The molecule has 0 spiro atoms. The first-order chi connectivity index (χ1) is 14.8. The highest BCUT2D eigenvalue weighted by Crippen LogP contribution is 2.32. The van der Waals surface area contributed by atoms with E-state index in [1.54, 1.807) is 11.3 Å². The Morgan fingerprint density at radius 1 is 1.27 bits per heavy atom. The number of hydrogen-bond acceptors (Lipinski definition) is 6. The van der Waals surface area contributed by atoms with Crippen molar-refractivity contribution < 1.29 is 14.2 Å². The van der Waals surface area contributed by atoms with E-state index in [1.165, 1.54) is 17.7 Å². The van der Waals surface area contributed by atoms with Gasteiger partial charge in [-0.25, -0.2) is 9.98 Å². The van der Waals surface area contributed by atoms with Crippen molar-refractivity contribution in [1.82, 2.24) is 10.3 Å². The highest BCUT2D eigenvalue weighted by atomic mass is 32.1. The van der Waals surface area contributed by atoms with Crippen LogP contribution in [0, 0.1) is 12.8 Å². The van der Waals surface area contributed by atoms with Gasteiger partial charge in [-0.3, -0.25) is 0 Å². The molecule has 2 aliphatic rings. The van der Waals surface area contributed by atoms with Gasteiger partial charge >= 0.3 is 0 Å². The maximum absolute atomic E-state index is 5.81. The van der Waals surface area contributed by atoms with Crippen LogP contribution < -0.4 is 20.1 Å². The van der Waals surface area contributed by atoms with Crippen molar-refractivity contribution in [3.8, 4) is 11.5 Å². The summed E-state index contributed by atoms with van der Waals surface area (Å²) in [5.41, 5.74) is 3.81. The maximum Gasteiger partial charge on any atom is 0.196 e. The third-order valence-electron chi connectivity index (χ3n) is 5.04. The molecule has 1 aliphatic carbocycles. The SMILES string of the molecule is Cc1ncsc1CN=C(NCCCOCC1CC1)Nc1ccc2c(c1)OCCCO2. The van der Waals surface area contributed by atoms with E-state index >= 15 is 0 Å². The Morgan fingerprint density at radius 2 is 2.13 bits per heavy atom. The largest absolute Gasteiger partial charge is 0.490 e. The topological polar surface area (TPSA) is 77.0 Å². The van der Waals surface area contributed by atoms with Crippen molar-refractivity contribution in [2.24, 2.45) is 10.9 Å². The number of aryl methyl sites for hydroxylation is 1. The molecule has 1 aromatic carbocycles. The van der Waals surface area contributed by atoms with Gasteiger partial charge in [-0.05, 0) is 44.2 Å². The van der Waals surface area contributed by atoms with Crippen LogP contribution in [0.4, 0.5) is 5.69 Å².